The monoisotopic (exact) mass is 232 g/mol. The molecular formula is C15H20O2. The lowest BCUT2D eigenvalue weighted by Crippen LogP contribution is -2.34. The topological polar surface area (TPSA) is 26.3 Å². The molecule has 0 aliphatic heterocycles. The highest BCUT2D eigenvalue weighted by molar-refractivity contribution is 5.94. The number of benzene rings is 1. The maximum Gasteiger partial charge on any atom is 0.159 e. The molecule has 0 radical (unpaired) electrons. The van der Waals surface area contributed by atoms with Gasteiger partial charge >= 0.3 is 0 Å². The first-order valence-corrected chi connectivity index (χ1v) is 6.39. The predicted octanol–water partition coefficient (Wildman–Crippen LogP) is 3.99. The fourth-order valence-electron chi connectivity index (χ4n) is 2.46. The summed E-state index contributed by atoms with van der Waals surface area (Å²) in [7, 11) is 0. The number of ether oxygens (including phenoxy) is 1. The van der Waals surface area contributed by atoms with Crippen LogP contribution in [0.2, 0.25) is 0 Å². The average molecular weight is 232 g/mol. The Bertz CT molecular complexity index is 403. The normalized spacial score (nSPS) is 18.7. The molecule has 2 rings (SSSR count). The van der Waals surface area contributed by atoms with Crippen LogP contribution in [0.4, 0.5) is 0 Å². The largest absolute Gasteiger partial charge is 0.488 e. The molecule has 92 valence electrons. The molecule has 0 amide bonds. The highest BCUT2D eigenvalue weighted by Gasteiger charge is 2.28. The van der Waals surface area contributed by atoms with Gasteiger partial charge in [0.2, 0.25) is 0 Å². The van der Waals surface area contributed by atoms with E-state index < -0.39 is 0 Å². The number of ketones is 1. The van der Waals surface area contributed by atoms with E-state index in [1.807, 2.05) is 24.3 Å². The molecule has 0 atom stereocenters. The lowest BCUT2D eigenvalue weighted by molar-refractivity contribution is 0.0486. The molecule has 0 saturated heterocycles. The van der Waals surface area contributed by atoms with Gasteiger partial charge in [-0.1, -0.05) is 18.6 Å². The molecule has 2 heteroatoms. The van der Waals surface area contributed by atoms with Gasteiger partial charge in [0, 0.05) is 5.56 Å². The fourth-order valence-corrected chi connectivity index (χ4v) is 2.46. The van der Waals surface area contributed by atoms with Crippen molar-refractivity contribution in [2.75, 3.05) is 0 Å². The summed E-state index contributed by atoms with van der Waals surface area (Å²) in [5.41, 5.74) is 0.676. The van der Waals surface area contributed by atoms with Crippen molar-refractivity contribution in [1.29, 1.82) is 0 Å². The van der Waals surface area contributed by atoms with Gasteiger partial charge in [-0.3, -0.25) is 4.79 Å². The van der Waals surface area contributed by atoms with E-state index in [4.69, 9.17) is 4.74 Å². The number of Topliss-reactive ketones (excluding diaryl/α,β-unsaturated/α-hetero) is 1. The first-order chi connectivity index (χ1) is 8.09. The van der Waals surface area contributed by atoms with Gasteiger partial charge in [0.25, 0.3) is 0 Å². The lowest BCUT2D eigenvalue weighted by Gasteiger charge is -2.34. The molecule has 0 aromatic heterocycles. The third kappa shape index (κ3) is 3.09. The number of rotatable bonds is 3. The summed E-state index contributed by atoms with van der Waals surface area (Å²) in [6, 6.07) is 7.51. The molecule has 1 fully saturated rings. The Balaban J connectivity index is 2.12. The van der Waals surface area contributed by atoms with E-state index in [1.165, 1.54) is 19.3 Å². The molecule has 0 unspecified atom stereocenters. The summed E-state index contributed by atoms with van der Waals surface area (Å²) in [5, 5.41) is 0. The second-order valence-corrected chi connectivity index (χ2v) is 5.20. The van der Waals surface area contributed by atoms with Crippen LogP contribution in [0.1, 0.15) is 56.3 Å². The van der Waals surface area contributed by atoms with Crippen molar-refractivity contribution in [1.82, 2.24) is 0 Å². The molecule has 1 aromatic rings. The van der Waals surface area contributed by atoms with E-state index in [0.29, 0.717) is 0 Å². The molecule has 1 aliphatic rings. The predicted molar refractivity (Wildman–Crippen MR) is 68.6 cm³/mol. The van der Waals surface area contributed by atoms with Crippen molar-refractivity contribution in [3.8, 4) is 5.75 Å². The van der Waals surface area contributed by atoms with Gasteiger partial charge in [-0.2, -0.15) is 0 Å². The van der Waals surface area contributed by atoms with Crippen LogP contribution in [-0.4, -0.2) is 11.4 Å². The van der Waals surface area contributed by atoms with E-state index in [-0.39, 0.29) is 11.4 Å². The molecule has 0 heterocycles. The zero-order valence-corrected chi connectivity index (χ0v) is 10.7. The minimum absolute atomic E-state index is 0.0480. The third-order valence-corrected chi connectivity index (χ3v) is 3.52. The Morgan fingerprint density at radius 2 is 1.94 bits per heavy atom. The highest BCUT2D eigenvalue weighted by atomic mass is 16.5. The van der Waals surface area contributed by atoms with E-state index in [1.54, 1.807) is 6.92 Å². The maximum atomic E-state index is 11.3. The zero-order chi connectivity index (χ0) is 12.3. The molecule has 1 saturated carbocycles. The lowest BCUT2D eigenvalue weighted by atomic mass is 9.86. The third-order valence-electron chi connectivity index (χ3n) is 3.52. The van der Waals surface area contributed by atoms with Gasteiger partial charge in [0.1, 0.15) is 11.4 Å². The average Bonchev–Trinajstić information content (AvgIpc) is 2.29. The first-order valence-electron chi connectivity index (χ1n) is 6.39. The second kappa shape index (κ2) is 4.91. The number of carbonyl (C=O) groups is 1. The van der Waals surface area contributed by atoms with Crippen molar-refractivity contribution in [2.45, 2.75) is 51.6 Å². The van der Waals surface area contributed by atoms with Crippen LogP contribution in [0.25, 0.3) is 0 Å². The maximum absolute atomic E-state index is 11.3. The van der Waals surface area contributed by atoms with Crippen LogP contribution in [0.5, 0.6) is 5.75 Å². The summed E-state index contributed by atoms with van der Waals surface area (Å²) in [5.74, 6) is 0.909. The fraction of sp³-hybridized carbons (Fsp3) is 0.533. The Labute approximate surface area is 103 Å². The molecule has 0 bridgehead atoms. The van der Waals surface area contributed by atoms with E-state index >= 15 is 0 Å². The molecule has 1 aromatic carbocycles. The van der Waals surface area contributed by atoms with Crippen molar-refractivity contribution < 1.29 is 9.53 Å². The van der Waals surface area contributed by atoms with Gasteiger partial charge in [0.05, 0.1) is 0 Å². The molecule has 0 spiro atoms. The smallest absolute Gasteiger partial charge is 0.159 e. The molecule has 0 N–H and O–H groups in total. The minimum Gasteiger partial charge on any atom is -0.488 e. The van der Waals surface area contributed by atoms with E-state index in [2.05, 4.69) is 6.92 Å². The van der Waals surface area contributed by atoms with Crippen LogP contribution >= 0.6 is 0 Å². The van der Waals surface area contributed by atoms with Crippen LogP contribution in [0, 0.1) is 0 Å². The quantitative estimate of drug-likeness (QED) is 0.736. The number of hydrogen-bond acceptors (Lipinski definition) is 2. The minimum atomic E-state index is -0.0480. The summed E-state index contributed by atoms with van der Waals surface area (Å²) in [6.07, 6.45) is 6.01. The van der Waals surface area contributed by atoms with Crippen molar-refractivity contribution in [3.63, 3.8) is 0 Å². The SMILES string of the molecule is CC(=O)c1cccc(OC2(C)CCCCC2)c1. The van der Waals surface area contributed by atoms with Crippen molar-refractivity contribution in [3.05, 3.63) is 29.8 Å². The number of hydrogen-bond donors (Lipinski definition) is 0. The van der Waals surface area contributed by atoms with Gasteiger partial charge in [0.15, 0.2) is 5.78 Å². The van der Waals surface area contributed by atoms with E-state index in [0.717, 1.165) is 24.2 Å². The Morgan fingerprint density at radius 3 is 2.59 bits per heavy atom. The standard InChI is InChI=1S/C15H20O2/c1-12(16)13-7-6-8-14(11-13)17-15(2)9-4-3-5-10-15/h6-8,11H,3-5,9-10H2,1-2H3. The van der Waals surface area contributed by atoms with Gasteiger partial charge in [-0.05, 0) is 51.7 Å². The summed E-state index contributed by atoms with van der Waals surface area (Å²) in [6.45, 7) is 3.76. The van der Waals surface area contributed by atoms with Crippen LogP contribution in [0.3, 0.4) is 0 Å². The van der Waals surface area contributed by atoms with Gasteiger partial charge < -0.3 is 4.74 Å². The van der Waals surface area contributed by atoms with Crippen LogP contribution < -0.4 is 4.74 Å². The molecular weight excluding hydrogens is 212 g/mol. The van der Waals surface area contributed by atoms with Crippen molar-refractivity contribution >= 4 is 5.78 Å². The first kappa shape index (κ1) is 12.2. The molecule has 2 nitrogen and oxygen atoms in total. The summed E-state index contributed by atoms with van der Waals surface area (Å²) >= 11 is 0. The van der Waals surface area contributed by atoms with E-state index in [9.17, 15) is 4.79 Å². The van der Waals surface area contributed by atoms with Crippen LogP contribution in [0.15, 0.2) is 24.3 Å². The second-order valence-electron chi connectivity index (χ2n) is 5.20. The highest BCUT2D eigenvalue weighted by Crippen LogP contribution is 2.32. The van der Waals surface area contributed by atoms with Crippen LogP contribution in [-0.2, 0) is 0 Å². The van der Waals surface area contributed by atoms with Gasteiger partial charge in [-0.25, -0.2) is 0 Å². The van der Waals surface area contributed by atoms with Crippen molar-refractivity contribution in [2.24, 2.45) is 0 Å². The zero-order valence-electron chi connectivity index (χ0n) is 10.7. The molecule has 17 heavy (non-hydrogen) atoms. The Hall–Kier alpha value is -1.31. The number of carbonyl (C=O) groups excluding carboxylic acids is 1. The Kier molecular flexibility index (Phi) is 3.51. The summed E-state index contributed by atoms with van der Waals surface area (Å²) < 4.78 is 6.08. The summed E-state index contributed by atoms with van der Waals surface area (Å²) in [4.78, 5) is 11.3. The van der Waals surface area contributed by atoms with Gasteiger partial charge in [-0.15, -0.1) is 0 Å². The Morgan fingerprint density at radius 1 is 1.24 bits per heavy atom. The molecule has 1 aliphatic carbocycles.